The summed E-state index contributed by atoms with van der Waals surface area (Å²) in [6.45, 7) is 2.57. The van der Waals surface area contributed by atoms with Gasteiger partial charge in [-0.15, -0.1) is 5.10 Å². The molecule has 1 fully saturated rings. The number of nitrogens with zero attached hydrogens (tertiary/aromatic N) is 4. The van der Waals surface area contributed by atoms with Crippen LogP contribution in [0.25, 0.3) is 11.0 Å². The van der Waals surface area contributed by atoms with E-state index in [1.54, 1.807) is 9.58 Å². The summed E-state index contributed by atoms with van der Waals surface area (Å²) in [5.41, 5.74) is 3.07. The third kappa shape index (κ3) is 5.69. The molecule has 196 valence electrons. The van der Waals surface area contributed by atoms with Crippen molar-refractivity contribution in [3.05, 3.63) is 90.0 Å². The van der Waals surface area contributed by atoms with E-state index in [0.29, 0.717) is 23.4 Å². The van der Waals surface area contributed by atoms with Crippen LogP contribution in [0.4, 0.5) is 0 Å². The Morgan fingerprint density at radius 1 is 1.00 bits per heavy atom. The fourth-order valence-electron chi connectivity index (χ4n) is 5.15. The van der Waals surface area contributed by atoms with E-state index in [1.807, 2.05) is 85.8 Å². The Labute approximate surface area is 222 Å². The lowest BCUT2D eigenvalue weighted by Crippen LogP contribution is -2.46. The van der Waals surface area contributed by atoms with E-state index in [1.165, 1.54) is 0 Å². The number of aromatic nitrogens is 3. The highest BCUT2D eigenvalue weighted by Gasteiger charge is 2.35. The SMILES string of the molecule is CCOc1ccccc1[C@H](C(=O)NC1CCCC1)N(Cc1ccccc1)C(=O)Cn1nnc2ccccc21. The van der Waals surface area contributed by atoms with Crippen LogP contribution in [0.3, 0.4) is 0 Å². The summed E-state index contributed by atoms with van der Waals surface area (Å²) in [6.07, 6.45) is 4.08. The number of benzene rings is 3. The van der Waals surface area contributed by atoms with E-state index in [2.05, 4.69) is 15.6 Å². The van der Waals surface area contributed by atoms with Gasteiger partial charge in [0.15, 0.2) is 0 Å². The lowest BCUT2D eigenvalue weighted by Gasteiger charge is -2.33. The Morgan fingerprint density at radius 2 is 1.71 bits per heavy atom. The second-order valence-electron chi connectivity index (χ2n) is 9.61. The molecule has 0 saturated heterocycles. The number of amides is 2. The van der Waals surface area contributed by atoms with E-state index in [4.69, 9.17) is 4.74 Å². The van der Waals surface area contributed by atoms with Gasteiger partial charge in [0.2, 0.25) is 11.8 Å². The molecule has 1 aliphatic carbocycles. The summed E-state index contributed by atoms with van der Waals surface area (Å²) < 4.78 is 7.53. The highest BCUT2D eigenvalue weighted by molar-refractivity contribution is 5.90. The summed E-state index contributed by atoms with van der Waals surface area (Å²) >= 11 is 0. The molecule has 3 aromatic carbocycles. The summed E-state index contributed by atoms with van der Waals surface area (Å²) in [4.78, 5) is 29.8. The first-order valence-corrected chi connectivity index (χ1v) is 13.3. The molecule has 1 aromatic heterocycles. The molecule has 1 atom stereocenters. The Morgan fingerprint density at radius 3 is 2.50 bits per heavy atom. The highest BCUT2D eigenvalue weighted by atomic mass is 16.5. The zero-order valence-corrected chi connectivity index (χ0v) is 21.6. The van der Waals surface area contributed by atoms with Gasteiger partial charge in [0.25, 0.3) is 0 Å². The molecular formula is C30H33N5O3. The van der Waals surface area contributed by atoms with Crippen molar-refractivity contribution in [2.24, 2.45) is 0 Å². The average molecular weight is 512 g/mol. The molecule has 8 heteroatoms. The summed E-state index contributed by atoms with van der Waals surface area (Å²) in [5.74, 6) is 0.165. The number of hydrogen-bond donors (Lipinski definition) is 1. The molecule has 1 heterocycles. The Kier molecular flexibility index (Phi) is 7.97. The van der Waals surface area contributed by atoms with Gasteiger partial charge in [-0.3, -0.25) is 9.59 Å². The van der Waals surface area contributed by atoms with E-state index < -0.39 is 6.04 Å². The Balaban J connectivity index is 1.55. The number of carbonyl (C=O) groups excluding carboxylic acids is 2. The van der Waals surface area contributed by atoms with Gasteiger partial charge in [-0.05, 0) is 43.5 Å². The van der Waals surface area contributed by atoms with E-state index >= 15 is 0 Å². The van der Waals surface area contributed by atoms with Crippen LogP contribution in [-0.2, 0) is 22.7 Å². The minimum absolute atomic E-state index is 0.0443. The Hall–Kier alpha value is -4.20. The molecule has 0 spiro atoms. The van der Waals surface area contributed by atoms with Crippen LogP contribution in [-0.4, -0.2) is 44.4 Å². The number of rotatable bonds is 10. The van der Waals surface area contributed by atoms with Gasteiger partial charge >= 0.3 is 0 Å². The molecule has 38 heavy (non-hydrogen) atoms. The lowest BCUT2D eigenvalue weighted by molar-refractivity contribution is -0.142. The third-order valence-corrected chi connectivity index (χ3v) is 7.00. The zero-order valence-electron chi connectivity index (χ0n) is 21.6. The van der Waals surface area contributed by atoms with Crippen molar-refractivity contribution in [3.8, 4) is 5.75 Å². The normalized spacial score (nSPS) is 14.3. The molecule has 0 radical (unpaired) electrons. The van der Waals surface area contributed by atoms with Crippen molar-refractivity contribution < 1.29 is 14.3 Å². The van der Waals surface area contributed by atoms with Crippen LogP contribution in [0.1, 0.15) is 49.8 Å². The van der Waals surface area contributed by atoms with Crippen LogP contribution < -0.4 is 10.1 Å². The van der Waals surface area contributed by atoms with Crippen molar-refractivity contribution in [2.75, 3.05) is 6.61 Å². The standard InChI is InChI=1S/C30H33N5O3/c1-2-38-27-19-11-8-16-24(27)29(30(37)31-23-14-6-7-15-23)34(20-22-12-4-3-5-13-22)28(36)21-35-26-18-10-9-17-25(26)32-33-35/h3-5,8-13,16-19,23,29H,2,6-7,14-15,20-21H2,1H3,(H,31,37)/t29-/m1/s1. The number of carbonyl (C=O) groups is 2. The molecule has 1 aliphatic rings. The topological polar surface area (TPSA) is 89.4 Å². The molecule has 1 N–H and O–H groups in total. The van der Waals surface area contributed by atoms with Crippen LogP contribution >= 0.6 is 0 Å². The van der Waals surface area contributed by atoms with Gasteiger partial charge in [0.1, 0.15) is 23.9 Å². The minimum Gasteiger partial charge on any atom is -0.494 e. The first kappa shape index (κ1) is 25.4. The fourth-order valence-corrected chi connectivity index (χ4v) is 5.15. The van der Waals surface area contributed by atoms with Crippen molar-refractivity contribution in [3.63, 3.8) is 0 Å². The molecule has 8 nitrogen and oxygen atoms in total. The van der Waals surface area contributed by atoms with E-state index in [9.17, 15) is 9.59 Å². The molecular weight excluding hydrogens is 478 g/mol. The molecule has 0 unspecified atom stereocenters. The molecule has 0 aliphatic heterocycles. The molecule has 5 rings (SSSR count). The smallest absolute Gasteiger partial charge is 0.247 e. The van der Waals surface area contributed by atoms with Gasteiger partial charge < -0.3 is 15.0 Å². The largest absolute Gasteiger partial charge is 0.494 e. The number of hydrogen-bond acceptors (Lipinski definition) is 5. The van der Waals surface area contributed by atoms with Crippen molar-refractivity contribution >= 4 is 22.8 Å². The van der Waals surface area contributed by atoms with Crippen molar-refractivity contribution in [1.29, 1.82) is 0 Å². The second kappa shape index (κ2) is 11.9. The molecule has 1 saturated carbocycles. The minimum atomic E-state index is -0.874. The first-order valence-electron chi connectivity index (χ1n) is 13.3. The predicted molar refractivity (Wildman–Crippen MR) is 145 cm³/mol. The van der Waals surface area contributed by atoms with E-state index in [-0.39, 0.29) is 30.9 Å². The summed E-state index contributed by atoms with van der Waals surface area (Å²) in [7, 11) is 0. The maximum atomic E-state index is 14.1. The number of ether oxygens (including phenoxy) is 1. The molecule has 0 bridgehead atoms. The highest BCUT2D eigenvalue weighted by Crippen LogP contribution is 2.32. The first-order chi connectivity index (χ1) is 18.6. The molecule has 4 aromatic rings. The van der Waals surface area contributed by atoms with Gasteiger partial charge in [-0.2, -0.15) is 0 Å². The van der Waals surface area contributed by atoms with Gasteiger partial charge in [0.05, 0.1) is 12.1 Å². The maximum absolute atomic E-state index is 14.1. The molecule has 2 amide bonds. The van der Waals surface area contributed by atoms with Gasteiger partial charge in [0, 0.05) is 18.2 Å². The lowest BCUT2D eigenvalue weighted by atomic mass is 10.0. The second-order valence-corrected chi connectivity index (χ2v) is 9.61. The fraction of sp³-hybridized carbons (Fsp3) is 0.333. The van der Waals surface area contributed by atoms with Gasteiger partial charge in [-0.1, -0.05) is 78.7 Å². The maximum Gasteiger partial charge on any atom is 0.247 e. The zero-order chi connectivity index (χ0) is 26.3. The number of fused-ring (bicyclic) bond motifs is 1. The van der Waals surface area contributed by atoms with Crippen LogP contribution in [0.5, 0.6) is 5.75 Å². The number of nitrogens with one attached hydrogen (secondary N) is 1. The third-order valence-electron chi connectivity index (χ3n) is 7.00. The number of para-hydroxylation sites is 2. The average Bonchev–Trinajstić information content (AvgIpc) is 3.60. The predicted octanol–water partition coefficient (Wildman–Crippen LogP) is 4.66. The summed E-state index contributed by atoms with van der Waals surface area (Å²) in [5, 5.41) is 11.7. The Bertz CT molecular complexity index is 1380. The van der Waals surface area contributed by atoms with Crippen LogP contribution in [0.2, 0.25) is 0 Å². The van der Waals surface area contributed by atoms with Crippen LogP contribution in [0.15, 0.2) is 78.9 Å². The monoisotopic (exact) mass is 511 g/mol. The van der Waals surface area contributed by atoms with E-state index in [0.717, 1.165) is 36.8 Å². The van der Waals surface area contributed by atoms with Crippen molar-refractivity contribution in [1.82, 2.24) is 25.2 Å². The van der Waals surface area contributed by atoms with Crippen molar-refractivity contribution in [2.45, 2.75) is 57.8 Å². The quantitative estimate of drug-likeness (QED) is 0.335. The van der Waals surface area contributed by atoms with Gasteiger partial charge in [-0.25, -0.2) is 4.68 Å². The summed E-state index contributed by atoms with van der Waals surface area (Å²) in [6, 6.07) is 24.0. The van der Waals surface area contributed by atoms with Crippen LogP contribution in [0, 0.1) is 0 Å².